The van der Waals surface area contributed by atoms with Crippen LogP contribution in [0.2, 0.25) is 0 Å². The molecule has 1 spiro atoms. The maximum absolute atomic E-state index is 9.52. The fourth-order valence-electron chi connectivity index (χ4n) is 4.11. The summed E-state index contributed by atoms with van der Waals surface area (Å²) in [5.41, 5.74) is -2.32. The molecular formula is C18H21NO3. The van der Waals surface area contributed by atoms with Gasteiger partial charge in [-0.25, -0.2) is 0 Å². The fraction of sp³-hybridized carbons (Fsp3) is 0.556. The third kappa shape index (κ3) is 1.28. The summed E-state index contributed by atoms with van der Waals surface area (Å²) in [7, 11) is -3.05. The van der Waals surface area contributed by atoms with Crippen LogP contribution in [0.25, 0.3) is 0 Å². The Morgan fingerprint density at radius 2 is 2.64 bits per heavy atom. The zero-order chi connectivity index (χ0) is 26.1. The van der Waals surface area contributed by atoms with E-state index in [1.54, 1.807) is 0 Å². The van der Waals surface area contributed by atoms with Gasteiger partial charge in [0.2, 0.25) is 1.43 Å². The van der Waals surface area contributed by atoms with Gasteiger partial charge in [0.25, 0.3) is 0 Å². The van der Waals surface area contributed by atoms with Gasteiger partial charge < -0.3 is 19.5 Å². The summed E-state index contributed by atoms with van der Waals surface area (Å²) in [6.45, 7) is -3.34. The zero-order valence-electron chi connectivity index (χ0n) is 24.4. The molecule has 1 fully saturated rings. The lowest BCUT2D eigenvalue weighted by molar-refractivity contribution is -0.0453. The quantitative estimate of drug-likeness (QED) is 0.841. The number of piperidine rings is 1. The van der Waals surface area contributed by atoms with Crippen molar-refractivity contribution in [2.24, 2.45) is 5.89 Å². The number of rotatable bonds is 2. The van der Waals surface area contributed by atoms with Gasteiger partial charge in [0.15, 0.2) is 11.5 Å². The highest BCUT2D eigenvalue weighted by molar-refractivity contribution is 5.62. The van der Waals surface area contributed by atoms with E-state index < -0.39 is 73.3 Å². The average Bonchev–Trinajstić information content (AvgIpc) is 3.04. The van der Waals surface area contributed by atoms with Crippen LogP contribution in [0, 0.1) is 5.89 Å². The van der Waals surface area contributed by atoms with Gasteiger partial charge in [0.1, 0.15) is 12.2 Å². The van der Waals surface area contributed by atoms with E-state index in [4.69, 9.17) is 29.7 Å². The largest absolute Gasteiger partial charge is 0.493 e. The SMILES string of the molecule is [2H]OC1C=C[C@]2([2H])[C@@]34CCN(C([2H])([2H])[2H])[C@]2([2H])C([2H])([2H])c2c([2H])c([2H])c(OC([2H])([2H])[2H])c(c23)OC14. The Morgan fingerprint density at radius 1 is 1.64 bits per heavy atom. The maximum Gasteiger partial charge on any atom is 0.211 e. The second-order valence-electron chi connectivity index (χ2n) is 5.88. The molecule has 0 radical (unpaired) electrons. The first-order valence-electron chi connectivity index (χ1n) is 13.4. The number of hydrogen-bond donors (Lipinski definition) is 1. The first kappa shape index (κ1) is 5.53. The van der Waals surface area contributed by atoms with Crippen molar-refractivity contribution in [3.05, 3.63) is 35.4 Å². The number of methoxy groups -OCH3 is 1. The number of hydrogen-bond acceptors (Lipinski definition) is 4. The number of ether oxygens (including phenoxy) is 2. The maximum atomic E-state index is 9.52. The van der Waals surface area contributed by atoms with Gasteiger partial charge in [-0.3, -0.25) is 0 Å². The smallest absolute Gasteiger partial charge is 0.211 e. The number of benzene rings is 1. The minimum absolute atomic E-state index is 0.109. The molecule has 0 saturated carbocycles. The van der Waals surface area contributed by atoms with E-state index in [0.717, 1.165) is 6.08 Å². The summed E-state index contributed by atoms with van der Waals surface area (Å²) in [5, 5.41) is 4.79. The van der Waals surface area contributed by atoms with Crippen molar-refractivity contribution >= 4 is 0 Å². The van der Waals surface area contributed by atoms with Crippen LogP contribution in [0.3, 0.4) is 0 Å². The molecule has 5 atom stereocenters. The van der Waals surface area contributed by atoms with E-state index >= 15 is 0 Å². The van der Waals surface area contributed by atoms with Crippen LogP contribution < -0.4 is 9.47 Å². The number of aliphatic hydroxyl groups excluding tert-OH is 1. The molecule has 1 N–H and O–H groups in total. The van der Waals surface area contributed by atoms with E-state index in [2.05, 4.69) is 0 Å². The highest BCUT2D eigenvalue weighted by atomic mass is 16.5. The Hall–Kier alpha value is -1.52. The average molecular weight is 312 g/mol. The third-order valence-electron chi connectivity index (χ3n) is 4.99. The lowest BCUT2D eigenvalue weighted by Gasteiger charge is -2.56. The van der Waals surface area contributed by atoms with Crippen LogP contribution in [0.1, 0.15) is 34.0 Å². The molecule has 4 heteroatoms. The Morgan fingerprint density at radius 3 is 3.50 bits per heavy atom. The Balaban J connectivity index is 1.96. The minimum Gasteiger partial charge on any atom is -0.493 e. The molecule has 0 amide bonds. The van der Waals surface area contributed by atoms with Crippen LogP contribution in [0.5, 0.6) is 11.5 Å². The summed E-state index contributed by atoms with van der Waals surface area (Å²) in [6.07, 6.45) is -3.20. The molecule has 1 aromatic rings. The standard InChI is InChI=1S/C18H21NO3/c1-19-8-7-18-11-4-5-13(20)17(18)22-16-14(21-2)6-3-10(15(16)18)9-12(11)19/h3-6,11-13,17,20H,7-9H2,1-2H3/t11-,12+,13?,17?,18-/m0/s1/i1D3,2D3,3D,6D,9D2,11D,12D,20D. The molecular weight excluding hydrogens is 278 g/mol. The molecule has 4 nitrogen and oxygen atoms in total. The highest BCUT2D eigenvalue weighted by Gasteiger charge is 2.64. The van der Waals surface area contributed by atoms with Crippen LogP contribution in [0.15, 0.2) is 24.2 Å². The van der Waals surface area contributed by atoms with Gasteiger partial charge in [-0.2, -0.15) is 0 Å². The van der Waals surface area contributed by atoms with E-state index in [1.807, 2.05) is 0 Å². The second-order valence-corrected chi connectivity index (χ2v) is 5.88. The van der Waals surface area contributed by atoms with E-state index in [0.29, 0.717) is 4.90 Å². The lowest BCUT2D eigenvalue weighted by Crippen LogP contribution is -2.64. The molecule has 2 bridgehead atoms. The number of likely N-dealkylation sites (tertiary alicyclic amines) is 1. The number of nitrogens with zero attached hydrogens (tertiary/aromatic N) is 1. The Labute approximate surface area is 148 Å². The van der Waals surface area contributed by atoms with Crippen molar-refractivity contribution in [1.29, 1.82) is 1.43 Å². The monoisotopic (exact) mass is 312 g/mol. The summed E-state index contributed by atoms with van der Waals surface area (Å²) < 4.78 is 119. The van der Waals surface area contributed by atoms with Crippen molar-refractivity contribution < 1.29 is 31.0 Å². The summed E-state index contributed by atoms with van der Waals surface area (Å²) in [4.78, 5) is 0.623. The first-order valence-corrected chi connectivity index (χ1v) is 7.03. The summed E-state index contributed by atoms with van der Waals surface area (Å²) >= 11 is 0. The highest BCUT2D eigenvalue weighted by Crippen LogP contribution is 2.62. The van der Waals surface area contributed by atoms with Gasteiger partial charge in [-0.15, -0.1) is 0 Å². The lowest BCUT2D eigenvalue weighted by atomic mass is 9.53. The molecule has 1 aromatic carbocycles. The van der Waals surface area contributed by atoms with Crippen molar-refractivity contribution in [2.75, 3.05) is 20.6 Å². The number of likely N-dealkylation sites (N-methyl/N-ethyl adjacent to an activating group) is 1. The second kappa shape index (κ2) is 4.06. The van der Waals surface area contributed by atoms with E-state index in [-0.39, 0.29) is 24.3 Å². The molecule has 2 heterocycles. The zero-order valence-corrected chi connectivity index (χ0v) is 11.4. The Kier molecular flexibility index (Phi) is 1.02. The van der Waals surface area contributed by atoms with Crippen LogP contribution >= 0.6 is 0 Å². The van der Waals surface area contributed by atoms with Crippen LogP contribution in [0.4, 0.5) is 0 Å². The van der Waals surface area contributed by atoms with Crippen molar-refractivity contribution in [2.45, 2.75) is 36.4 Å². The molecule has 2 aliphatic heterocycles. The van der Waals surface area contributed by atoms with Crippen LogP contribution in [-0.2, 0) is 11.8 Å². The first-order chi connectivity index (χ1) is 15.9. The molecule has 2 aliphatic carbocycles. The molecule has 0 aromatic heterocycles. The molecule has 5 rings (SSSR count). The Bertz CT molecular complexity index is 1150. The predicted octanol–water partition coefficient (Wildman–Crippen LogP) is 1.50. The normalized spacial score (nSPS) is 59.7. The molecule has 2 unspecified atom stereocenters. The van der Waals surface area contributed by atoms with Crippen molar-refractivity contribution in [3.63, 3.8) is 0 Å². The molecule has 1 saturated heterocycles. The van der Waals surface area contributed by atoms with Gasteiger partial charge in [-0.1, -0.05) is 18.2 Å². The van der Waals surface area contributed by atoms with Gasteiger partial charge in [-0.05, 0) is 37.9 Å². The van der Waals surface area contributed by atoms with E-state index in [9.17, 15) is 2.74 Å². The van der Waals surface area contributed by atoms with Gasteiger partial charge in [0.05, 0.1) is 13.9 Å². The summed E-state index contributed by atoms with van der Waals surface area (Å²) in [5.74, 6) is -3.34. The topological polar surface area (TPSA) is 41.9 Å². The van der Waals surface area contributed by atoms with Crippen LogP contribution in [-0.4, -0.2) is 50.2 Å². The predicted molar refractivity (Wildman–Crippen MR) is 82.5 cm³/mol. The molecule has 22 heavy (non-hydrogen) atoms. The van der Waals surface area contributed by atoms with Crippen molar-refractivity contribution in [1.82, 2.24) is 4.90 Å². The van der Waals surface area contributed by atoms with Gasteiger partial charge >= 0.3 is 0 Å². The molecule has 4 aliphatic rings. The van der Waals surface area contributed by atoms with E-state index in [1.165, 1.54) is 6.08 Å². The molecule has 116 valence electrons. The van der Waals surface area contributed by atoms with Crippen molar-refractivity contribution in [3.8, 4) is 11.5 Å². The minimum atomic E-state index is -3.05. The van der Waals surface area contributed by atoms with Gasteiger partial charge in [0, 0.05) is 32.5 Å². The fourth-order valence-corrected chi connectivity index (χ4v) is 4.11. The number of aliphatic hydroxyl groups is 1. The third-order valence-corrected chi connectivity index (χ3v) is 4.99. The summed E-state index contributed by atoms with van der Waals surface area (Å²) in [6, 6.07) is -4.43.